The fourth-order valence-electron chi connectivity index (χ4n) is 1.42. The number of nitrogens with zero attached hydrogens (tertiary/aromatic N) is 1. The van der Waals surface area contributed by atoms with Gasteiger partial charge in [0.05, 0.1) is 6.54 Å². The molecule has 90 valence electrons. The Balaban J connectivity index is 2.35. The molecule has 0 radical (unpaired) electrons. The Morgan fingerprint density at radius 3 is 2.81 bits per heavy atom. The van der Waals surface area contributed by atoms with Gasteiger partial charge < -0.3 is 10.2 Å². The summed E-state index contributed by atoms with van der Waals surface area (Å²) in [4.78, 5) is 14.4. The second-order valence-electron chi connectivity index (χ2n) is 4.06. The summed E-state index contributed by atoms with van der Waals surface area (Å²) in [6, 6.07) is 4.60. The highest BCUT2D eigenvalue weighted by Gasteiger charge is 2.10. The average Bonchev–Trinajstić information content (AvgIpc) is 2.76. The molecular weight excluding hydrogens is 220 g/mol. The Morgan fingerprint density at radius 1 is 1.56 bits per heavy atom. The van der Waals surface area contributed by atoms with Crippen molar-refractivity contribution >= 4 is 17.2 Å². The topological polar surface area (TPSA) is 32.3 Å². The molecule has 0 aliphatic rings. The molecule has 1 unspecified atom stereocenters. The lowest BCUT2D eigenvalue weighted by Gasteiger charge is -2.17. The van der Waals surface area contributed by atoms with Crippen molar-refractivity contribution in [2.45, 2.75) is 25.8 Å². The molecule has 1 amide bonds. The summed E-state index contributed by atoms with van der Waals surface area (Å²) in [5.74, 6) is 0.129. The van der Waals surface area contributed by atoms with Gasteiger partial charge >= 0.3 is 0 Å². The van der Waals surface area contributed by atoms with Crippen LogP contribution in [0.1, 0.15) is 18.2 Å². The number of thiophene rings is 1. The minimum atomic E-state index is 0.129. The van der Waals surface area contributed by atoms with E-state index >= 15 is 0 Å². The Labute approximate surface area is 101 Å². The van der Waals surface area contributed by atoms with Crippen molar-refractivity contribution in [2.24, 2.45) is 0 Å². The SMILES string of the molecule is CCC(Cc1cccs1)NCC(=O)N(C)C. The quantitative estimate of drug-likeness (QED) is 0.821. The van der Waals surface area contributed by atoms with Crippen molar-refractivity contribution in [3.05, 3.63) is 22.4 Å². The van der Waals surface area contributed by atoms with Crippen molar-refractivity contribution in [1.82, 2.24) is 10.2 Å². The third-order valence-electron chi connectivity index (χ3n) is 2.56. The highest BCUT2D eigenvalue weighted by molar-refractivity contribution is 7.09. The van der Waals surface area contributed by atoms with Gasteiger partial charge in [-0.3, -0.25) is 4.79 Å². The molecule has 1 aromatic heterocycles. The third-order valence-corrected chi connectivity index (χ3v) is 3.46. The minimum absolute atomic E-state index is 0.129. The van der Waals surface area contributed by atoms with Crippen molar-refractivity contribution < 1.29 is 4.79 Å². The third kappa shape index (κ3) is 4.33. The van der Waals surface area contributed by atoms with E-state index in [-0.39, 0.29) is 5.91 Å². The van der Waals surface area contributed by atoms with Crippen LogP contribution in [0.5, 0.6) is 0 Å². The molecule has 0 aliphatic carbocycles. The first-order valence-corrected chi connectivity index (χ1v) is 6.47. The molecule has 4 heteroatoms. The van der Waals surface area contributed by atoms with E-state index in [1.54, 1.807) is 30.3 Å². The number of carbonyl (C=O) groups excluding carboxylic acids is 1. The first-order valence-electron chi connectivity index (χ1n) is 5.59. The van der Waals surface area contributed by atoms with E-state index in [1.165, 1.54) is 4.88 Å². The summed E-state index contributed by atoms with van der Waals surface area (Å²) in [7, 11) is 3.56. The molecule has 0 saturated heterocycles. The van der Waals surface area contributed by atoms with Gasteiger partial charge in [0.2, 0.25) is 5.91 Å². The van der Waals surface area contributed by atoms with Gasteiger partial charge in [0, 0.05) is 25.0 Å². The van der Waals surface area contributed by atoms with Gasteiger partial charge in [0.25, 0.3) is 0 Å². The van der Waals surface area contributed by atoms with Gasteiger partial charge in [-0.15, -0.1) is 11.3 Å². The van der Waals surface area contributed by atoms with E-state index in [4.69, 9.17) is 0 Å². The maximum atomic E-state index is 11.4. The van der Waals surface area contributed by atoms with Crippen LogP contribution in [0.15, 0.2) is 17.5 Å². The Hall–Kier alpha value is -0.870. The van der Waals surface area contributed by atoms with E-state index in [0.717, 1.165) is 12.8 Å². The number of hydrogen-bond acceptors (Lipinski definition) is 3. The molecule has 0 bridgehead atoms. The first-order chi connectivity index (χ1) is 7.63. The summed E-state index contributed by atoms with van der Waals surface area (Å²) in [5, 5.41) is 5.39. The molecule has 0 fully saturated rings. The monoisotopic (exact) mass is 240 g/mol. The molecule has 0 aliphatic heterocycles. The Kier molecular flexibility index (Phi) is 5.49. The number of carbonyl (C=O) groups is 1. The highest BCUT2D eigenvalue weighted by Crippen LogP contribution is 2.12. The van der Waals surface area contributed by atoms with Crippen LogP contribution in [0.2, 0.25) is 0 Å². The van der Waals surface area contributed by atoms with Crippen molar-refractivity contribution in [1.29, 1.82) is 0 Å². The molecule has 0 saturated carbocycles. The van der Waals surface area contributed by atoms with E-state index in [0.29, 0.717) is 12.6 Å². The smallest absolute Gasteiger partial charge is 0.236 e. The fraction of sp³-hybridized carbons (Fsp3) is 0.583. The van der Waals surface area contributed by atoms with E-state index in [9.17, 15) is 4.79 Å². The summed E-state index contributed by atoms with van der Waals surface area (Å²) < 4.78 is 0. The molecule has 1 aromatic rings. The van der Waals surface area contributed by atoms with Crippen LogP contribution in [-0.4, -0.2) is 37.5 Å². The molecular formula is C12H20N2OS. The molecule has 0 spiro atoms. The van der Waals surface area contributed by atoms with Gasteiger partial charge in [-0.1, -0.05) is 13.0 Å². The second-order valence-corrected chi connectivity index (χ2v) is 5.09. The minimum Gasteiger partial charge on any atom is -0.348 e. The molecule has 3 nitrogen and oxygen atoms in total. The van der Waals surface area contributed by atoms with Crippen LogP contribution in [0.4, 0.5) is 0 Å². The Bertz CT molecular complexity index is 309. The largest absolute Gasteiger partial charge is 0.348 e. The Morgan fingerprint density at radius 2 is 2.31 bits per heavy atom. The van der Waals surface area contributed by atoms with Crippen molar-refractivity contribution in [2.75, 3.05) is 20.6 Å². The second kappa shape index (κ2) is 6.66. The molecule has 1 heterocycles. The van der Waals surface area contributed by atoms with Gasteiger partial charge in [-0.05, 0) is 24.3 Å². The van der Waals surface area contributed by atoms with Crippen LogP contribution >= 0.6 is 11.3 Å². The highest BCUT2D eigenvalue weighted by atomic mass is 32.1. The molecule has 1 rings (SSSR count). The van der Waals surface area contributed by atoms with Crippen LogP contribution < -0.4 is 5.32 Å². The number of amides is 1. The van der Waals surface area contributed by atoms with Gasteiger partial charge in [-0.25, -0.2) is 0 Å². The van der Waals surface area contributed by atoms with Gasteiger partial charge in [0.1, 0.15) is 0 Å². The van der Waals surface area contributed by atoms with Gasteiger partial charge in [-0.2, -0.15) is 0 Å². The van der Waals surface area contributed by atoms with E-state index in [1.807, 2.05) is 0 Å². The van der Waals surface area contributed by atoms with Crippen molar-refractivity contribution in [3.8, 4) is 0 Å². The standard InChI is InChI=1S/C12H20N2OS/c1-4-10(8-11-6-5-7-16-11)13-9-12(15)14(2)3/h5-7,10,13H,4,8-9H2,1-3H3. The van der Waals surface area contributed by atoms with Crippen LogP contribution in [0, 0.1) is 0 Å². The lowest BCUT2D eigenvalue weighted by Crippen LogP contribution is -2.39. The number of hydrogen-bond donors (Lipinski definition) is 1. The summed E-state index contributed by atoms with van der Waals surface area (Å²) in [5.41, 5.74) is 0. The molecule has 0 aromatic carbocycles. The summed E-state index contributed by atoms with van der Waals surface area (Å²) in [6.45, 7) is 2.57. The normalized spacial score (nSPS) is 12.4. The maximum absolute atomic E-state index is 11.4. The van der Waals surface area contributed by atoms with Crippen molar-refractivity contribution in [3.63, 3.8) is 0 Å². The van der Waals surface area contributed by atoms with Crippen LogP contribution in [-0.2, 0) is 11.2 Å². The predicted molar refractivity (Wildman–Crippen MR) is 68.8 cm³/mol. The first kappa shape index (κ1) is 13.2. The van der Waals surface area contributed by atoms with E-state index < -0.39 is 0 Å². The number of rotatable bonds is 6. The number of nitrogens with one attached hydrogen (secondary N) is 1. The molecule has 1 N–H and O–H groups in total. The van der Waals surface area contributed by atoms with E-state index in [2.05, 4.69) is 29.8 Å². The van der Waals surface area contributed by atoms with Gasteiger partial charge in [0.15, 0.2) is 0 Å². The molecule has 16 heavy (non-hydrogen) atoms. The predicted octanol–water partition coefficient (Wildman–Crippen LogP) is 1.75. The number of likely N-dealkylation sites (N-methyl/N-ethyl adjacent to an activating group) is 1. The molecule has 1 atom stereocenters. The van der Waals surface area contributed by atoms with Crippen LogP contribution in [0.25, 0.3) is 0 Å². The average molecular weight is 240 g/mol. The zero-order valence-electron chi connectivity index (χ0n) is 10.2. The van der Waals surface area contributed by atoms with Crippen LogP contribution in [0.3, 0.4) is 0 Å². The summed E-state index contributed by atoms with van der Waals surface area (Å²) in [6.07, 6.45) is 2.05. The maximum Gasteiger partial charge on any atom is 0.236 e. The lowest BCUT2D eigenvalue weighted by molar-refractivity contribution is -0.127. The lowest BCUT2D eigenvalue weighted by atomic mass is 10.1. The summed E-state index contributed by atoms with van der Waals surface area (Å²) >= 11 is 1.77. The fourth-order valence-corrected chi connectivity index (χ4v) is 2.21. The zero-order chi connectivity index (χ0) is 12.0. The zero-order valence-corrected chi connectivity index (χ0v) is 11.0.